The first kappa shape index (κ1) is 9.34. The molecule has 67 valence electrons. The highest BCUT2D eigenvalue weighted by Crippen LogP contribution is 2.35. The Morgan fingerprint density at radius 1 is 1.33 bits per heavy atom. The summed E-state index contributed by atoms with van der Waals surface area (Å²) < 4.78 is 5.19. The van der Waals surface area contributed by atoms with Gasteiger partial charge in [-0.15, -0.1) is 0 Å². The molecule has 1 fully saturated rings. The van der Waals surface area contributed by atoms with Gasteiger partial charge in [0.15, 0.2) is 5.94 Å². The Bertz CT molecular complexity index is 184. The van der Waals surface area contributed by atoms with E-state index in [2.05, 4.69) is 6.26 Å². The van der Waals surface area contributed by atoms with E-state index in [9.17, 15) is 4.79 Å². The second-order valence-electron chi connectivity index (χ2n) is 3.89. The van der Waals surface area contributed by atoms with E-state index in [0.717, 1.165) is 0 Å². The first-order chi connectivity index (χ1) is 5.67. The van der Waals surface area contributed by atoms with E-state index in [-0.39, 0.29) is 5.60 Å². The molecule has 1 radical (unpaired) electrons. The van der Waals surface area contributed by atoms with Gasteiger partial charge < -0.3 is 4.74 Å². The maximum atomic E-state index is 9.91. The summed E-state index contributed by atoms with van der Waals surface area (Å²) in [7, 11) is 0. The molecular weight excluding hydrogens is 152 g/mol. The van der Waals surface area contributed by atoms with Crippen LogP contribution in [-0.4, -0.2) is 11.5 Å². The minimum absolute atomic E-state index is 0.242. The minimum atomic E-state index is -0.242. The smallest absolute Gasteiger partial charge is 0.259 e. The lowest BCUT2D eigenvalue weighted by Gasteiger charge is -2.29. The van der Waals surface area contributed by atoms with Crippen LogP contribution in [0.5, 0.6) is 0 Å². The zero-order valence-electron chi connectivity index (χ0n) is 7.72. The summed E-state index contributed by atoms with van der Waals surface area (Å²) in [6.07, 6.45) is 7.12. The van der Waals surface area contributed by atoms with Gasteiger partial charge in [-0.05, 0) is 32.6 Å². The molecule has 0 spiro atoms. The van der Waals surface area contributed by atoms with Gasteiger partial charge in [0.1, 0.15) is 5.60 Å². The molecular formula is C10H15O2. The van der Waals surface area contributed by atoms with Gasteiger partial charge in [-0.2, -0.15) is 0 Å². The van der Waals surface area contributed by atoms with Crippen molar-refractivity contribution < 1.29 is 9.53 Å². The number of ether oxygens (including phenoxy) is 1. The molecule has 0 bridgehead atoms. The first-order valence-corrected chi connectivity index (χ1v) is 4.47. The average Bonchev–Trinajstić information content (AvgIpc) is 2.53. The van der Waals surface area contributed by atoms with Crippen molar-refractivity contribution in [3.63, 3.8) is 0 Å². The van der Waals surface area contributed by atoms with Crippen LogP contribution in [0.2, 0.25) is 0 Å². The highest BCUT2D eigenvalue weighted by atomic mass is 16.5. The van der Waals surface area contributed by atoms with Crippen molar-refractivity contribution >= 4 is 5.94 Å². The normalized spacial score (nSPS) is 18.8. The number of hydrogen-bond donors (Lipinski definition) is 0. The van der Waals surface area contributed by atoms with Gasteiger partial charge in [0.25, 0.3) is 6.26 Å². The molecule has 0 amide bonds. The molecule has 2 heteroatoms. The fourth-order valence-corrected chi connectivity index (χ4v) is 1.86. The fourth-order valence-electron chi connectivity index (χ4n) is 1.86. The van der Waals surface area contributed by atoms with E-state index >= 15 is 0 Å². The summed E-state index contributed by atoms with van der Waals surface area (Å²) >= 11 is 0. The zero-order valence-corrected chi connectivity index (χ0v) is 7.72. The molecule has 0 atom stereocenters. The van der Waals surface area contributed by atoms with Crippen LogP contribution in [0, 0.1) is 12.2 Å². The van der Waals surface area contributed by atoms with Crippen LogP contribution in [0.15, 0.2) is 0 Å². The van der Waals surface area contributed by atoms with Gasteiger partial charge in [0.05, 0.1) is 0 Å². The summed E-state index contributed by atoms with van der Waals surface area (Å²) in [5.74, 6) is 2.09. The summed E-state index contributed by atoms with van der Waals surface area (Å²) in [6, 6.07) is 0. The Kier molecular flexibility index (Phi) is 2.93. The SMILES string of the molecule is CC(C)(O[C]=C=O)C1CCCC1. The number of rotatable bonds is 3. The van der Waals surface area contributed by atoms with Crippen molar-refractivity contribution in [3.8, 4) is 0 Å². The van der Waals surface area contributed by atoms with Gasteiger partial charge in [0, 0.05) is 0 Å². The predicted octanol–water partition coefficient (Wildman–Crippen LogP) is 2.12. The standard InChI is InChI=1S/C10H15O2/c1-10(2,12-8-7-11)9-5-3-4-6-9/h9H,3-6H2,1-2H3. The van der Waals surface area contributed by atoms with Gasteiger partial charge >= 0.3 is 0 Å². The van der Waals surface area contributed by atoms with Crippen molar-refractivity contribution in [3.05, 3.63) is 6.26 Å². The van der Waals surface area contributed by atoms with Crippen molar-refractivity contribution in [2.75, 3.05) is 0 Å². The molecule has 0 unspecified atom stereocenters. The molecule has 2 nitrogen and oxygen atoms in total. The van der Waals surface area contributed by atoms with Gasteiger partial charge in [-0.3, -0.25) is 0 Å². The maximum absolute atomic E-state index is 9.91. The fraction of sp³-hybridized carbons (Fsp3) is 0.800. The van der Waals surface area contributed by atoms with Crippen molar-refractivity contribution in [2.24, 2.45) is 5.92 Å². The molecule has 12 heavy (non-hydrogen) atoms. The highest BCUT2D eigenvalue weighted by Gasteiger charge is 2.32. The van der Waals surface area contributed by atoms with Gasteiger partial charge in [-0.1, -0.05) is 12.8 Å². The van der Waals surface area contributed by atoms with Crippen LogP contribution < -0.4 is 0 Å². The third-order valence-corrected chi connectivity index (χ3v) is 2.69. The molecule has 0 N–H and O–H groups in total. The molecule has 0 aromatic rings. The molecule has 1 saturated carbocycles. The molecule has 0 aromatic heterocycles. The van der Waals surface area contributed by atoms with Crippen LogP contribution in [0.1, 0.15) is 39.5 Å². The van der Waals surface area contributed by atoms with E-state index in [0.29, 0.717) is 5.92 Å². The molecule has 1 aliphatic carbocycles. The second kappa shape index (κ2) is 3.77. The van der Waals surface area contributed by atoms with Crippen LogP contribution in [0.4, 0.5) is 0 Å². The Balaban J connectivity index is 2.50. The van der Waals surface area contributed by atoms with Crippen LogP contribution in [-0.2, 0) is 9.53 Å². The average molecular weight is 167 g/mol. The molecule has 0 saturated heterocycles. The quantitative estimate of drug-likeness (QED) is 0.475. The van der Waals surface area contributed by atoms with Crippen LogP contribution >= 0.6 is 0 Å². The number of hydrogen-bond acceptors (Lipinski definition) is 2. The van der Waals surface area contributed by atoms with E-state index in [4.69, 9.17) is 4.74 Å². The van der Waals surface area contributed by atoms with Crippen molar-refractivity contribution in [2.45, 2.75) is 45.1 Å². The lowest BCUT2D eigenvalue weighted by molar-refractivity contribution is -0.00622. The molecule has 0 aliphatic heterocycles. The lowest BCUT2D eigenvalue weighted by atomic mass is 9.89. The third kappa shape index (κ3) is 2.12. The van der Waals surface area contributed by atoms with Crippen LogP contribution in [0.25, 0.3) is 0 Å². The first-order valence-electron chi connectivity index (χ1n) is 4.47. The maximum Gasteiger partial charge on any atom is 0.259 e. The third-order valence-electron chi connectivity index (χ3n) is 2.69. The zero-order chi connectivity index (χ0) is 9.03. The Morgan fingerprint density at radius 2 is 1.92 bits per heavy atom. The summed E-state index contributed by atoms with van der Waals surface area (Å²) in [6.45, 7) is 4.01. The Hall–Kier alpha value is -0.750. The summed E-state index contributed by atoms with van der Waals surface area (Å²) in [5.41, 5.74) is -0.242. The summed E-state index contributed by atoms with van der Waals surface area (Å²) in [5, 5.41) is 0. The van der Waals surface area contributed by atoms with Gasteiger partial charge in [0.2, 0.25) is 0 Å². The molecule has 1 rings (SSSR count). The van der Waals surface area contributed by atoms with Crippen molar-refractivity contribution in [1.82, 2.24) is 0 Å². The Labute approximate surface area is 73.6 Å². The van der Waals surface area contributed by atoms with E-state index < -0.39 is 0 Å². The predicted molar refractivity (Wildman–Crippen MR) is 46.1 cm³/mol. The lowest BCUT2D eigenvalue weighted by Crippen LogP contribution is -2.31. The second-order valence-corrected chi connectivity index (χ2v) is 3.89. The van der Waals surface area contributed by atoms with Crippen molar-refractivity contribution in [1.29, 1.82) is 0 Å². The largest absolute Gasteiger partial charge is 0.474 e. The summed E-state index contributed by atoms with van der Waals surface area (Å²) in [4.78, 5) is 9.91. The van der Waals surface area contributed by atoms with Crippen LogP contribution in [0.3, 0.4) is 0 Å². The molecule has 0 heterocycles. The monoisotopic (exact) mass is 167 g/mol. The Morgan fingerprint density at radius 3 is 2.42 bits per heavy atom. The number of carbonyl (C=O) groups excluding carboxylic acids is 1. The molecule has 0 aromatic carbocycles. The topological polar surface area (TPSA) is 26.3 Å². The van der Waals surface area contributed by atoms with E-state index in [1.54, 1.807) is 0 Å². The van der Waals surface area contributed by atoms with E-state index in [1.807, 2.05) is 13.8 Å². The van der Waals surface area contributed by atoms with E-state index in [1.165, 1.54) is 31.6 Å². The van der Waals surface area contributed by atoms with Gasteiger partial charge in [-0.25, -0.2) is 4.79 Å². The molecule has 1 aliphatic rings. The minimum Gasteiger partial charge on any atom is -0.474 e. The highest BCUT2D eigenvalue weighted by molar-refractivity contribution is 5.38.